The first-order chi connectivity index (χ1) is 9.02. The fourth-order valence-corrected chi connectivity index (χ4v) is 1.67. The van der Waals surface area contributed by atoms with E-state index in [-0.39, 0.29) is 12.7 Å². The van der Waals surface area contributed by atoms with Crippen LogP contribution in [-0.2, 0) is 16.0 Å². The van der Waals surface area contributed by atoms with E-state index in [1.165, 1.54) is 0 Å². The minimum atomic E-state index is -1.05. The van der Waals surface area contributed by atoms with Gasteiger partial charge < -0.3 is 14.6 Å². The molecular formula is C15H22O4. The van der Waals surface area contributed by atoms with Gasteiger partial charge in [0.25, 0.3) is 0 Å². The van der Waals surface area contributed by atoms with Gasteiger partial charge in [0, 0.05) is 0 Å². The molecule has 1 aromatic rings. The van der Waals surface area contributed by atoms with Crippen molar-refractivity contribution in [1.82, 2.24) is 0 Å². The summed E-state index contributed by atoms with van der Waals surface area (Å²) in [6.45, 7) is 5.96. The number of hydrogen-bond donors (Lipinski definition) is 1. The van der Waals surface area contributed by atoms with E-state index >= 15 is 0 Å². The molecule has 0 saturated carbocycles. The molecule has 1 unspecified atom stereocenters. The Balaban J connectivity index is 2.43. The Bertz CT molecular complexity index is 384. The highest BCUT2D eigenvalue weighted by atomic mass is 16.5. The molecule has 0 saturated heterocycles. The normalized spacial score (nSPS) is 12.3. The van der Waals surface area contributed by atoms with Gasteiger partial charge in [-0.1, -0.05) is 12.1 Å². The number of esters is 1. The maximum atomic E-state index is 11.2. The molecule has 0 aliphatic heterocycles. The largest absolute Gasteiger partial charge is 0.491 e. The maximum absolute atomic E-state index is 11.2. The lowest BCUT2D eigenvalue weighted by Gasteiger charge is -2.11. The summed E-state index contributed by atoms with van der Waals surface area (Å²) < 4.78 is 10.3. The first kappa shape index (κ1) is 15.5. The van der Waals surface area contributed by atoms with Crippen LogP contribution in [0.2, 0.25) is 0 Å². The first-order valence-corrected chi connectivity index (χ1v) is 6.63. The van der Waals surface area contributed by atoms with Crippen LogP contribution in [0, 0.1) is 0 Å². The van der Waals surface area contributed by atoms with E-state index in [0.717, 1.165) is 11.3 Å². The summed E-state index contributed by atoms with van der Waals surface area (Å²) in [6, 6.07) is 7.67. The monoisotopic (exact) mass is 266 g/mol. The Kier molecular flexibility index (Phi) is 6.36. The highest BCUT2D eigenvalue weighted by molar-refractivity contribution is 5.74. The van der Waals surface area contributed by atoms with Gasteiger partial charge in [-0.15, -0.1) is 0 Å². The van der Waals surface area contributed by atoms with Crippen LogP contribution >= 0.6 is 0 Å². The van der Waals surface area contributed by atoms with E-state index in [4.69, 9.17) is 9.47 Å². The van der Waals surface area contributed by atoms with E-state index in [0.29, 0.717) is 12.8 Å². The van der Waals surface area contributed by atoms with Gasteiger partial charge in [0.05, 0.1) is 12.7 Å². The minimum absolute atomic E-state index is 0.150. The predicted molar refractivity (Wildman–Crippen MR) is 73.2 cm³/mol. The van der Waals surface area contributed by atoms with E-state index < -0.39 is 12.1 Å². The quantitative estimate of drug-likeness (QED) is 0.770. The molecule has 0 amide bonds. The number of carbonyl (C=O) groups excluding carboxylic acids is 1. The van der Waals surface area contributed by atoms with Crippen LogP contribution in [0.1, 0.15) is 32.8 Å². The van der Waals surface area contributed by atoms with Gasteiger partial charge in [-0.25, -0.2) is 4.79 Å². The van der Waals surface area contributed by atoms with Crippen molar-refractivity contribution < 1.29 is 19.4 Å². The molecule has 1 atom stereocenters. The SMILES string of the molecule is CCOC(=O)C(O)CCc1ccc(OC(C)C)cc1. The third-order valence-corrected chi connectivity index (χ3v) is 2.56. The molecule has 1 aromatic carbocycles. The van der Waals surface area contributed by atoms with E-state index in [2.05, 4.69) is 0 Å². The van der Waals surface area contributed by atoms with Gasteiger partial charge in [-0.3, -0.25) is 0 Å². The van der Waals surface area contributed by atoms with Crippen LogP contribution in [0.3, 0.4) is 0 Å². The van der Waals surface area contributed by atoms with Gasteiger partial charge in [0.1, 0.15) is 5.75 Å². The Morgan fingerprint density at radius 1 is 1.26 bits per heavy atom. The summed E-state index contributed by atoms with van der Waals surface area (Å²) in [5.41, 5.74) is 1.06. The van der Waals surface area contributed by atoms with Gasteiger partial charge in [0.15, 0.2) is 6.10 Å². The van der Waals surface area contributed by atoms with Gasteiger partial charge in [-0.05, 0) is 51.3 Å². The Hall–Kier alpha value is -1.55. The second-order valence-electron chi connectivity index (χ2n) is 4.62. The van der Waals surface area contributed by atoms with Crippen molar-refractivity contribution in [3.8, 4) is 5.75 Å². The fraction of sp³-hybridized carbons (Fsp3) is 0.533. The maximum Gasteiger partial charge on any atom is 0.334 e. The van der Waals surface area contributed by atoms with Crippen molar-refractivity contribution in [3.05, 3.63) is 29.8 Å². The number of aliphatic hydroxyl groups is 1. The number of aryl methyl sites for hydroxylation is 1. The lowest BCUT2D eigenvalue weighted by atomic mass is 10.1. The molecule has 19 heavy (non-hydrogen) atoms. The molecule has 0 radical (unpaired) electrons. The summed E-state index contributed by atoms with van der Waals surface area (Å²) in [5, 5.41) is 9.58. The molecular weight excluding hydrogens is 244 g/mol. The molecule has 1 N–H and O–H groups in total. The standard InChI is InChI=1S/C15H22O4/c1-4-18-15(17)14(16)10-7-12-5-8-13(9-6-12)19-11(2)3/h5-6,8-9,11,14,16H,4,7,10H2,1-3H3. The number of aliphatic hydroxyl groups excluding tert-OH is 1. The van der Waals surface area contributed by atoms with Gasteiger partial charge in [0.2, 0.25) is 0 Å². The highest BCUT2D eigenvalue weighted by Gasteiger charge is 2.15. The average Bonchev–Trinajstić information content (AvgIpc) is 2.37. The van der Waals surface area contributed by atoms with Crippen molar-refractivity contribution in [2.45, 2.75) is 45.8 Å². The van der Waals surface area contributed by atoms with Crippen molar-refractivity contribution in [1.29, 1.82) is 0 Å². The summed E-state index contributed by atoms with van der Waals surface area (Å²) in [6.07, 6.45) is 0.0913. The van der Waals surface area contributed by atoms with Crippen LogP contribution in [-0.4, -0.2) is 29.9 Å². The molecule has 0 fully saturated rings. The van der Waals surface area contributed by atoms with Crippen LogP contribution < -0.4 is 4.74 Å². The minimum Gasteiger partial charge on any atom is -0.491 e. The second-order valence-corrected chi connectivity index (χ2v) is 4.62. The van der Waals surface area contributed by atoms with Gasteiger partial charge in [-0.2, -0.15) is 0 Å². The van der Waals surface area contributed by atoms with Crippen molar-refractivity contribution in [3.63, 3.8) is 0 Å². The molecule has 0 spiro atoms. The summed E-state index contributed by atoms with van der Waals surface area (Å²) in [4.78, 5) is 11.2. The van der Waals surface area contributed by atoms with Crippen LogP contribution in [0.5, 0.6) is 5.75 Å². The predicted octanol–water partition coefficient (Wildman–Crippen LogP) is 2.33. The van der Waals surface area contributed by atoms with Crippen LogP contribution in [0.4, 0.5) is 0 Å². The Morgan fingerprint density at radius 3 is 2.42 bits per heavy atom. The van der Waals surface area contributed by atoms with Crippen molar-refractivity contribution in [2.75, 3.05) is 6.61 Å². The van der Waals surface area contributed by atoms with Crippen LogP contribution in [0.25, 0.3) is 0 Å². The molecule has 0 aliphatic carbocycles. The lowest BCUT2D eigenvalue weighted by Crippen LogP contribution is -2.23. The summed E-state index contributed by atoms with van der Waals surface area (Å²) >= 11 is 0. The zero-order valence-electron chi connectivity index (χ0n) is 11.8. The lowest BCUT2D eigenvalue weighted by molar-refractivity contribution is -0.153. The summed E-state index contributed by atoms with van der Waals surface area (Å²) in [7, 11) is 0. The number of ether oxygens (including phenoxy) is 2. The third kappa shape index (κ3) is 5.75. The summed E-state index contributed by atoms with van der Waals surface area (Å²) in [5.74, 6) is 0.270. The van der Waals surface area contributed by atoms with Crippen LogP contribution in [0.15, 0.2) is 24.3 Å². The number of rotatable bonds is 7. The fourth-order valence-electron chi connectivity index (χ4n) is 1.67. The molecule has 0 heterocycles. The number of benzene rings is 1. The average molecular weight is 266 g/mol. The zero-order valence-corrected chi connectivity index (χ0v) is 11.8. The molecule has 4 heteroatoms. The Morgan fingerprint density at radius 2 is 1.89 bits per heavy atom. The molecule has 4 nitrogen and oxygen atoms in total. The molecule has 106 valence electrons. The number of carbonyl (C=O) groups is 1. The van der Waals surface area contributed by atoms with Crippen molar-refractivity contribution >= 4 is 5.97 Å². The Labute approximate surface area is 114 Å². The topological polar surface area (TPSA) is 55.8 Å². The van der Waals surface area contributed by atoms with E-state index in [1.54, 1.807) is 6.92 Å². The molecule has 0 aromatic heterocycles. The molecule has 1 rings (SSSR count). The van der Waals surface area contributed by atoms with Crippen molar-refractivity contribution in [2.24, 2.45) is 0 Å². The smallest absolute Gasteiger partial charge is 0.334 e. The highest BCUT2D eigenvalue weighted by Crippen LogP contribution is 2.15. The van der Waals surface area contributed by atoms with E-state index in [9.17, 15) is 9.90 Å². The molecule has 0 aliphatic rings. The van der Waals surface area contributed by atoms with Gasteiger partial charge >= 0.3 is 5.97 Å². The third-order valence-electron chi connectivity index (χ3n) is 2.56. The van der Waals surface area contributed by atoms with E-state index in [1.807, 2.05) is 38.1 Å². The molecule has 0 bridgehead atoms. The first-order valence-electron chi connectivity index (χ1n) is 6.63. The second kappa shape index (κ2) is 7.79. The number of hydrogen-bond acceptors (Lipinski definition) is 4. The zero-order chi connectivity index (χ0) is 14.3.